The minimum Gasteiger partial charge on any atom is -0.261 e. The summed E-state index contributed by atoms with van der Waals surface area (Å²) >= 11 is 0. The van der Waals surface area contributed by atoms with Crippen molar-refractivity contribution in [2.24, 2.45) is 5.14 Å². The predicted octanol–water partition coefficient (Wildman–Crippen LogP) is 0.464. The highest BCUT2D eigenvalue weighted by Crippen LogP contribution is 2.26. The Hall–Kier alpha value is -0.980. The minimum absolute atomic E-state index is 0.346. The summed E-state index contributed by atoms with van der Waals surface area (Å²) < 4.78 is 23.6. The molecule has 0 bridgehead atoms. The van der Waals surface area contributed by atoms with Crippen LogP contribution in [0.4, 0.5) is 0 Å². The van der Waals surface area contributed by atoms with Gasteiger partial charge in [-0.3, -0.25) is 4.98 Å². The highest BCUT2D eigenvalue weighted by molar-refractivity contribution is 7.86. The van der Waals surface area contributed by atoms with Crippen LogP contribution >= 0.6 is 0 Å². The highest BCUT2D eigenvalue weighted by atomic mass is 32.2. The molecule has 0 atom stereocenters. The Morgan fingerprint density at radius 2 is 2.00 bits per heavy atom. The first kappa shape index (κ1) is 11.5. The Morgan fingerprint density at radius 3 is 2.50 bits per heavy atom. The average Bonchev–Trinajstić information content (AvgIpc) is 2.29. The van der Waals surface area contributed by atoms with Crippen LogP contribution < -0.4 is 5.14 Å². The first-order valence-electron chi connectivity index (χ1n) is 5.26. The number of rotatable bonds is 2. The molecule has 1 fully saturated rings. The van der Waals surface area contributed by atoms with Crippen LogP contribution in [0.2, 0.25) is 0 Å². The molecular formula is C10H15N3O2S. The van der Waals surface area contributed by atoms with E-state index in [1.54, 1.807) is 6.20 Å². The van der Waals surface area contributed by atoms with Gasteiger partial charge in [0.1, 0.15) is 0 Å². The molecule has 1 aromatic heterocycles. The van der Waals surface area contributed by atoms with E-state index in [2.05, 4.69) is 4.98 Å². The van der Waals surface area contributed by atoms with E-state index >= 15 is 0 Å². The smallest absolute Gasteiger partial charge is 0.261 e. The van der Waals surface area contributed by atoms with Crippen molar-refractivity contribution in [1.29, 1.82) is 0 Å². The van der Waals surface area contributed by atoms with Gasteiger partial charge in [0.15, 0.2) is 0 Å². The van der Waals surface area contributed by atoms with E-state index in [4.69, 9.17) is 5.14 Å². The SMILES string of the molecule is NS(=O)(=O)N1CCC(c2ccccn2)CC1. The normalized spacial score (nSPS) is 19.8. The van der Waals surface area contributed by atoms with Gasteiger partial charge in [0.05, 0.1) is 0 Å². The molecule has 2 N–H and O–H groups in total. The fraction of sp³-hybridized carbons (Fsp3) is 0.500. The summed E-state index contributed by atoms with van der Waals surface area (Å²) in [5.41, 5.74) is 1.04. The standard InChI is InChI=1S/C10H15N3O2S/c11-16(14,15)13-7-4-9(5-8-13)10-3-1-2-6-12-10/h1-3,6,9H,4-5,7-8H2,(H2,11,14,15). The fourth-order valence-electron chi connectivity index (χ4n) is 2.02. The molecule has 0 radical (unpaired) electrons. The molecule has 1 aliphatic rings. The number of hydrogen-bond acceptors (Lipinski definition) is 3. The van der Waals surface area contributed by atoms with Gasteiger partial charge in [0.2, 0.25) is 0 Å². The molecule has 2 rings (SSSR count). The van der Waals surface area contributed by atoms with E-state index in [9.17, 15) is 8.42 Å². The summed E-state index contributed by atoms with van der Waals surface area (Å²) in [4.78, 5) is 4.29. The van der Waals surface area contributed by atoms with Gasteiger partial charge >= 0.3 is 0 Å². The van der Waals surface area contributed by atoms with Gasteiger partial charge in [-0.05, 0) is 25.0 Å². The van der Waals surface area contributed by atoms with Crippen LogP contribution in [0.1, 0.15) is 24.5 Å². The number of piperidine rings is 1. The maximum absolute atomic E-state index is 11.1. The zero-order chi connectivity index (χ0) is 11.6. The summed E-state index contributed by atoms with van der Waals surface area (Å²) in [6.45, 7) is 0.972. The van der Waals surface area contributed by atoms with E-state index in [0.717, 1.165) is 18.5 Å². The van der Waals surface area contributed by atoms with Crippen LogP contribution in [0.15, 0.2) is 24.4 Å². The largest absolute Gasteiger partial charge is 0.276 e. The molecule has 2 heterocycles. The molecule has 0 aromatic carbocycles. The van der Waals surface area contributed by atoms with E-state index in [-0.39, 0.29) is 0 Å². The van der Waals surface area contributed by atoms with Gasteiger partial charge in [0, 0.05) is 30.9 Å². The van der Waals surface area contributed by atoms with Crippen molar-refractivity contribution in [2.45, 2.75) is 18.8 Å². The van der Waals surface area contributed by atoms with Crippen molar-refractivity contribution < 1.29 is 8.42 Å². The molecule has 88 valence electrons. The van der Waals surface area contributed by atoms with Crippen molar-refractivity contribution >= 4 is 10.2 Å². The highest BCUT2D eigenvalue weighted by Gasteiger charge is 2.26. The van der Waals surface area contributed by atoms with Gasteiger partial charge in [0.25, 0.3) is 10.2 Å². The van der Waals surface area contributed by atoms with E-state index in [0.29, 0.717) is 19.0 Å². The molecule has 6 heteroatoms. The van der Waals surface area contributed by atoms with Gasteiger partial charge < -0.3 is 0 Å². The summed E-state index contributed by atoms with van der Waals surface area (Å²) in [5, 5.41) is 5.08. The molecule has 16 heavy (non-hydrogen) atoms. The number of nitrogens with two attached hydrogens (primary N) is 1. The minimum atomic E-state index is -3.52. The Labute approximate surface area is 95.5 Å². The third kappa shape index (κ3) is 2.58. The van der Waals surface area contributed by atoms with Crippen molar-refractivity contribution in [3.8, 4) is 0 Å². The second-order valence-corrected chi connectivity index (χ2v) is 5.52. The quantitative estimate of drug-likeness (QED) is 0.817. The lowest BCUT2D eigenvalue weighted by Crippen LogP contribution is -2.41. The molecule has 1 aromatic rings. The van der Waals surface area contributed by atoms with Crippen LogP contribution in [-0.2, 0) is 10.2 Å². The molecule has 1 saturated heterocycles. The van der Waals surface area contributed by atoms with Crippen LogP contribution in [0.3, 0.4) is 0 Å². The molecule has 0 aliphatic carbocycles. The summed E-state index contributed by atoms with van der Waals surface area (Å²) in [7, 11) is -3.52. The summed E-state index contributed by atoms with van der Waals surface area (Å²) in [5.74, 6) is 0.346. The second-order valence-electron chi connectivity index (χ2n) is 3.97. The van der Waals surface area contributed by atoms with Crippen molar-refractivity contribution in [3.05, 3.63) is 30.1 Å². The number of aromatic nitrogens is 1. The number of hydrogen-bond donors (Lipinski definition) is 1. The molecule has 0 amide bonds. The number of pyridine rings is 1. The van der Waals surface area contributed by atoms with Crippen molar-refractivity contribution in [2.75, 3.05) is 13.1 Å². The maximum Gasteiger partial charge on any atom is 0.276 e. The van der Waals surface area contributed by atoms with Gasteiger partial charge in [-0.1, -0.05) is 6.07 Å². The molecule has 5 nitrogen and oxygen atoms in total. The van der Waals surface area contributed by atoms with Crippen LogP contribution in [0, 0.1) is 0 Å². The third-order valence-corrected chi connectivity index (χ3v) is 4.00. The lowest BCUT2D eigenvalue weighted by molar-refractivity contribution is 0.317. The van der Waals surface area contributed by atoms with E-state index in [1.165, 1.54) is 4.31 Å². The first-order chi connectivity index (χ1) is 7.57. The van der Waals surface area contributed by atoms with Crippen molar-refractivity contribution in [1.82, 2.24) is 9.29 Å². The topological polar surface area (TPSA) is 76.3 Å². The zero-order valence-corrected chi connectivity index (χ0v) is 9.73. The van der Waals surface area contributed by atoms with E-state index in [1.807, 2.05) is 18.2 Å². The fourth-order valence-corrected chi connectivity index (χ4v) is 2.74. The van der Waals surface area contributed by atoms with Crippen LogP contribution in [0.25, 0.3) is 0 Å². The van der Waals surface area contributed by atoms with Gasteiger partial charge in [-0.15, -0.1) is 0 Å². The molecular weight excluding hydrogens is 226 g/mol. The molecule has 0 spiro atoms. The third-order valence-electron chi connectivity index (χ3n) is 2.92. The second kappa shape index (κ2) is 4.48. The van der Waals surface area contributed by atoms with Crippen LogP contribution in [0.5, 0.6) is 0 Å². The zero-order valence-electron chi connectivity index (χ0n) is 8.91. The van der Waals surface area contributed by atoms with Gasteiger partial charge in [-0.25, -0.2) is 5.14 Å². The summed E-state index contributed by atoms with van der Waals surface area (Å²) in [6.07, 6.45) is 3.34. The Bertz CT molecular complexity index is 438. The van der Waals surface area contributed by atoms with Gasteiger partial charge in [-0.2, -0.15) is 12.7 Å². The first-order valence-corrected chi connectivity index (χ1v) is 6.76. The summed E-state index contributed by atoms with van der Waals surface area (Å²) in [6, 6.07) is 5.81. The molecule has 1 aliphatic heterocycles. The predicted molar refractivity (Wildman–Crippen MR) is 60.9 cm³/mol. The monoisotopic (exact) mass is 241 g/mol. The Morgan fingerprint density at radius 1 is 1.31 bits per heavy atom. The molecule has 0 unspecified atom stereocenters. The lowest BCUT2D eigenvalue weighted by atomic mass is 9.94. The maximum atomic E-state index is 11.1. The lowest BCUT2D eigenvalue weighted by Gasteiger charge is -2.29. The Kier molecular flexibility index (Phi) is 3.22. The Balaban J connectivity index is 2.01. The molecule has 0 saturated carbocycles. The van der Waals surface area contributed by atoms with E-state index < -0.39 is 10.2 Å². The average molecular weight is 241 g/mol. The van der Waals surface area contributed by atoms with Crippen molar-refractivity contribution in [3.63, 3.8) is 0 Å². The van der Waals surface area contributed by atoms with Crippen LogP contribution in [-0.4, -0.2) is 30.8 Å². The number of nitrogens with zero attached hydrogens (tertiary/aromatic N) is 2.